The molecule has 0 radical (unpaired) electrons. The summed E-state index contributed by atoms with van der Waals surface area (Å²) < 4.78 is 33.0. The van der Waals surface area contributed by atoms with Gasteiger partial charge in [-0.1, -0.05) is 5.16 Å². The molecule has 0 spiro atoms. The van der Waals surface area contributed by atoms with Crippen molar-refractivity contribution in [2.45, 2.75) is 25.3 Å². The van der Waals surface area contributed by atoms with E-state index in [0.29, 0.717) is 11.4 Å². The number of hydrogen-bond acceptors (Lipinski definition) is 7. The van der Waals surface area contributed by atoms with Crippen molar-refractivity contribution in [2.75, 3.05) is 0 Å². The lowest BCUT2D eigenvalue weighted by atomic mass is 10.3. The topological polar surface area (TPSA) is 153 Å². The molecule has 0 aliphatic rings. The summed E-state index contributed by atoms with van der Waals surface area (Å²) in [4.78, 5) is 0.117. The summed E-state index contributed by atoms with van der Waals surface area (Å²) in [5, 5.41) is 18.3. The molecule has 2 aromatic rings. The minimum atomic E-state index is -3.77. The lowest BCUT2D eigenvalue weighted by molar-refractivity contribution is 0.302. The number of amidine groups is 1. The van der Waals surface area contributed by atoms with E-state index < -0.39 is 10.0 Å². The maximum atomic E-state index is 12.3. The monoisotopic (exact) mass is 313 g/mol. The van der Waals surface area contributed by atoms with E-state index in [1.54, 1.807) is 20.9 Å². The summed E-state index contributed by atoms with van der Waals surface area (Å²) in [6.07, 6.45) is 0. The number of hydrogen-bond donors (Lipinski definition) is 3. The Kier molecular flexibility index (Phi) is 3.78. The summed E-state index contributed by atoms with van der Waals surface area (Å²) in [6, 6.07) is 0. The maximum absolute atomic E-state index is 12.3. The number of nitrogens with two attached hydrogens (primary N) is 1. The number of nitrogen functional groups attached to an aromatic ring is 1. The molecule has 0 saturated heterocycles. The molecule has 2 rings (SSSR count). The Morgan fingerprint density at radius 1 is 1.43 bits per heavy atom. The quantitative estimate of drug-likeness (QED) is 0.481. The van der Waals surface area contributed by atoms with E-state index >= 15 is 0 Å². The molecule has 11 heteroatoms. The minimum absolute atomic E-state index is 0.0114. The van der Waals surface area contributed by atoms with Gasteiger partial charge in [-0.15, -0.1) is 0 Å². The van der Waals surface area contributed by atoms with Crippen LogP contribution in [0.3, 0.4) is 0 Å². The van der Waals surface area contributed by atoms with Crippen LogP contribution in [0.2, 0.25) is 0 Å². The van der Waals surface area contributed by atoms with Crippen molar-refractivity contribution in [1.29, 1.82) is 5.41 Å². The first-order valence-corrected chi connectivity index (χ1v) is 7.38. The van der Waals surface area contributed by atoms with Crippen LogP contribution in [-0.2, 0) is 23.6 Å². The minimum Gasteiger partial charge on any atom is -0.382 e. The van der Waals surface area contributed by atoms with Gasteiger partial charge in [0.25, 0.3) is 0 Å². The number of rotatable bonds is 5. The van der Waals surface area contributed by atoms with Gasteiger partial charge < -0.3 is 5.73 Å². The second kappa shape index (κ2) is 5.26. The molecular weight excluding hydrogens is 298 g/mol. The highest BCUT2D eigenvalue weighted by molar-refractivity contribution is 7.89. The van der Waals surface area contributed by atoms with Gasteiger partial charge in [0.15, 0.2) is 5.69 Å². The fourth-order valence-electron chi connectivity index (χ4n) is 1.91. The predicted octanol–water partition coefficient (Wildman–Crippen LogP) is -0.817. The van der Waals surface area contributed by atoms with Crippen LogP contribution in [0.1, 0.15) is 22.8 Å². The van der Waals surface area contributed by atoms with E-state index in [4.69, 9.17) is 11.1 Å². The molecule has 2 heterocycles. The summed E-state index contributed by atoms with van der Waals surface area (Å²) >= 11 is 0. The molecule has 0 saturated carbocycles. The van der Waals surface area contributed by atoms with E-state index in [1.165, 1.54) is 4.68 Å². The normalized spacial score (nSPS) is 11.8. The van der Waals surface area contributed by atoms with Gasteiger partial charge in [-0.3, -0.25) is 10.1 Å². The number of aromatic nitrogens is 4. The molecule has 10 nitrogen and oxygen atoms in total. The highest BCUT2D eigenvalue weighted by Gasteiger charge is 2.24. The van der Waals surface area contributed by atoms with Crippen molar-refractivity contribution < 1.29 is 13.0 Å². The highest BCUT2D eigenvalue weighted by atomic mass is 32.2. The third-order valence-electron chi connectivity index (χ3n) is 2.95. The van der Waals surface area contributed by atoms with Gasteiger partial charge in [-0.2, -0.15) is 5.10 Å². The highest BCUT2D eigenvalue weighted by Crippen LogP contribution is 2.18. The molecule has 0 fully saturated rings. The zero-order valence-electron chi connectivity index (χ0n) is 11.7. The molecule has 0 atom stereocenters. The third kappa shape index (κ3) is 2.78. The zero-order chi connectivity index (χ0) is 15.8. The van der Waals surface area contributed by atoms with E-state index in [2.05, 4.69) is 24.8 Å². The maximum Gasteiger partial charge on any atom is 0.244 e. The SMILES string of the molecule is Cc1nn(C)c(C)c1S(=O)(=O)NCc1nonc1C(=N)N. The van der Waals surface area contributed by atoms with Crippen LogP contribution < -0.4 is 10.5 Å². The van der Waals surface area contributed by atoms with Crippen LogP contribution >= 0.6 is 0 Å². The van der Waals surface area contributed by atoms with E-state index in [-0.39, 0.29) is 28.7 Å². The molecule has 0 unspecified atom stereocenters. The number of aryl methyl sites for hydroxylation is 2. The standard InChI is InChI=1S/C10H15N7O3S/c1-5-9(6(2)17(3)14-5)21(18,19)13-4-7-8(10(11)12)16-20-15-7/h13H,4H2,1-3H3,(H3,11,12). The number of nitrogens with one attached hydrogen (secondary N) is 2. The summed E-state index contributed by atoms with van der Waals surface area (Å²) in [5.41, 5.74) is 6.36. The Balaban J connectivity index is 2.26. The summed E-state index contributed by atoms with van der Waals surface area (Å²) in [5.74, 6) is -0.348. The van der Waals surface area contributed by atoms with Crippen molar-refractivity contribution in [3.63, 3.8) is 0 Å². The zero-order valence-corrected chi connectivity index (χ0v) is 12.5. The van der Waals surface area contributed by atoms with Crippen molar-refractivity contribution in [1.82, 2.24) is 24.8 Å². The van der Waals surface area contributed by atoms with Crippen LogP contribution in [0, 0.1) is 19.3 Å². The molecule has 0 aliphatic carbocycles. The number of nitrogens with zero attached hydrogens (tertiary/aromatic N) is 4. The fraction of sp³-hybridized carbons (Fsp3) is 0.400. The molecule has 0 aromatic carbocycles. The molecule has 4 N–H and O–H groups in total. The Hall–Kier alpha value is -2.27. The Morgan fingerprint density at radius 2 is 2.10 bits per heavy atom. The van der Waals surface area contributed by atoms with Gasteiger partial charge >= 0.3 is 0 Å². The van der Waals surface area contributed by atoms with Crippen molar-refractivity contribution >= 4 is 15.9 Å². The van der Waals surface area contributed by atoms with E-state index in [0.717, 1.165) is 0 Å². The first-order chi connectivity index (χ1) is 9.74. The van der Waals surface area contributed by atoms with Gasteiger partial charge in [-0.05, 0) is 19.0 Å². The molecule has 2 aromatic heterocycles. The van der Waals surface area contributed by atoms with Gasteiger partial charge in [0, 0.05) is 7.05 Å². The van der Waals surface area contributed by atoms with E-state index in [1.807, 2.05) is 0 Å². The third-order valence-corrected chi connectivity index (χ3v) is 4.61. The fourth-order valence-corrected chi connectivity index (χ4v) is 3.33. The van der Waals surface area contributed by atoms with Crippen LogP contribution in [0.25, 0.3) is 0 Å². The average molecular weight is 313 g/mol. The van der Waals surface area contributed by atoms with Gasteiger partial charge in [-0.25, -0.2) is 17.8 Å². The largest absolute Gasteiger partial charge is 0.382 e. The second-order valence-corrected chi connectivity index (χ2v) is 6.13. The van der Waals surface area contributed by atoms with E-state index in [9.17, 15) is 8.42 Å². The lowest BCUT2D eigenvalue weighted by Gasteiger charge is -2.06. The molecule has 0 bridgehead atoms. The van der Waals surface area contributed by atoms with Crippen LogP contribution in [0.15, 0.2) is 9.52 Å². The Bertz CT molecular complexity index is 790. The summed E-state index contributed by atoms with van der Waals surface area (Å²) in [6.45, 7) is 3.09. The van der Waals surface area contributed by atoms with Crippen LogP contribution in [-0.4, -0.2) is 34.3 Å². The van der Waals surface area contributed by atoms with Gasteiger partial charge in [0.2, 0.25) is 10.0 Å². The molecule has 0 amide bonds. The molecule has 21 heavy (non-hydrogen) atoms. The molecular formula is C10H15N7O3S. The molecule has 0 aliphatic heterocycles. The van der Waals surface area contributed by atoms with Crippen LogP contribution in [0.5, 0.6) is 0 Å². The smallest absolute Gasteiger partial charge is 0.244 e. The molecule has 114 valence electrons. The summed E-state index contributed by atoms with van der Waals surface area (Å²) in [7, 11) is -2.11. The van der Waals surface area contributed by atoms with Crippen molar-refractivity contribution in [3.8, 4) is 0 Å². The first kappa shape index (κ1) is 15.1. The Morgan fingerprint density at radius 3 is 2.62 bits per heavy atom. The first-order valence-electron chi connectivity index (χ1n) is 5.89. The van der Waals surface area contributed by atoms with Crippen molar-refractivity contribution in [2.24, 2.45) is 12.8 Å². The van der Waals surface area contributed by atoms with Crippen molar-refractivity contribution in [3.05, 3.63) is 22.8 Å². The second-order valence-electron chi connectivity index (χ2n) is 4.42. The van der Waals surface area contributed by atoms with Gasteiger partial charge in [0.05, 0.1) is 17.9 Å². The van der Waals surface area contributed by atoms with Crippen LogP contribution in [0.4, 0.5) is 0 Å². The average Bonchev–Trinajstić information content (AvgIpc) is 2.93. The predicted molar refractivity (Wildman–Crippen MR) is 72.0 cm³/mol. The number of sulfonamides is 1. The Labute approximate surface area is 120 Å². The van der Waals surface area contributed by atoms with Gasteiger partial charge in [0.1, 0.15) is 16.4 Å². The lowest BCUT2D eigenvalue weighted by Crippen LogP contribution is -2.26.